The maximum atomic E-state index is 12.8. The highest BCUT2D eigenvalue weighted by Gasteiger charge is 2.12. The average molecular weight is 174 g/mol. The summed E-state index contributed by atoms with van der Waals surface area (Å²) in [6.07, 6.45) is -1.45. The van der Waals surface area contributed by atoms with Gasteiger partial charge in [0.15, 0.2) is 0 Å². The minimum atomic E-state index is -1.45. The lowest BCUT2D eigenvalue weighted by atomic mass is 10.1. The summed E-state index contributed by atoms with van der Waals surface area (Å²) < 4.78 is 24.7. The second kappa shape index (κ2) is 3.49. The Morgan fingerprint density at radius 3 is 2.58 bits per heavy atom. The van der Waals surface area contributed by atoms with Gasteiger partial charge in [0.1, 0.15) is 24.3 Å². The molecule has 1 atom stereocenters. The van der Waals surface area contributed by atoms with Crippen LogP contribution in [0.4, 0.5) is 8.78 Å². The SMILES string of the molecule is Oc1ccc(C(O)CF)c(F)c1. The van der Waals surface area contributed by atoms with E-state index in [-0.39, 0.29) is 11.3 Å². The van der Waals surface area contributed by atoms with Crippen LogP contribution in [0.25, 0.3) is 0 Å². The van der Waals surface area contributed by atoms with Crippen molar-refractivity contribution in [3.05, 3.63) is 29.6 Å². The summed E-state index contributed by atoms with van der Waals surface area (Å²) in [5.74, 6) is -1.05. The van der Waals surface area contributed by atoms with Crippen LogP contribution in [0.15, 0.2) is 18.2 Å². The largest absolute Gasteiger partial charge is 0.508 e. The molecule has 2 nitrogen and oxygen atoms in total. The number of benzene rings is 1. The molecule has 1 aromatic rings. The summed E-state index contributed by atoms with van der Waals surface area (Å²) in [7, 11) is 0. The molecule has 1 unspecified atom stereocenters. The van der Waals surface area contributed by atoms with Crippen LogP contribution in [0, 0.1) is 5.82 Å². The number of aromatic hydroxyl groups is 1. The normalized spacial score (nSPS) is 12.9. The number of hydrogen-bond donors (Lipinski definition) is 2. The molecule has 2 N–H and O–H groups in total. The Hall–Kier alpha value is -1.16. The van der Waals surface area contributed by atoms with Crippen molar-refractivity contribution < 1.29 is 19.0 Å². The highest BCUT2D eigenvalue weighted by molar-refractivity contribution is 5.29. The number of hydrogen-bond acceptors (Lipinski definition) is 2. The third-order valence-corrected chi connectivity index (χ3v) is 1.49. The van der Waals surface area contributed by atoms with E-state index in [2.05, 4.69) is 0 Å². The molecule has 0 spiro atoms. The molecule has 0 aliphatic heterocycles. The topological polar surface area (TPSA) is 40.5 Å². The third-order valence-electron chi connectivity index (χ3n) is 1.49. The van der Waals surface area contributed by atoms with E-state index in [1.807, 2.05) is 0 Å². The molecule has 1 aromatic carbocycles. The lowest BCUT2D eigenvalue weighted by Crippen LogP contribution is -2.01. The number of alkyl halides is 1. The van der Waals surface area contributed by atoms with Crippen molar-refractivity contribution in [1.82, 2.24) is 0 Å². The molecule has 4 heteroatoms. The molecule has 0 aliphatic rings. The van der Waals surface area contributed by atoms with Gasteiger partial charge in [0, 0.05) is 11.6 Å². The van der Waals surface area contributed by atoms with E-state index in [0.29, 0.717) is 0 Å². The first-order valence-corrected chi connectivity index (χ1v) is 3.37. The lowest BCUT2D eigenvalue weighted by Gasteiger charge is -2.07. The number of aliphatic hydroxyl groups excluding tert-OH is 1. The van der Waals surface area contributed by atoms with Crippen molar-refractivity contribution in [3.63, 3.8) is 0 Å². The quantitative estimate of drug-likeness (QED) is 0.713. The standard InChI is InChI=1S/C8H8F2O2/c9-4-8(12)6-2-1-5(11)3-7(6)10/h1-3,8,11-12H,4H2. The Kier molecular flexibility index (Phi) is 2.60. The fraction of sp³-hybridized carbons (Fsp3) is 0.250. The lowest BCUT2D eigenvalue weighted by molar-refractivity contribution is 0.137. The zero-order valence-electron chi connectivity index (χ0n) is 6.17. The van der Waals surface area contributed by atoms with Gasteiger partial charge in [-0.3, -0.25) is 0 Å². The van der Waals surface area contributed by atoms with Gasteiger partial charge in [-0.15, -0.1) is 0 Å². The van der Waals surface area contributed by atoms with Crippen molar-refractivity contribution in [3.8, 4) is 5.75 Å². The highest BCUT2D eigenvalue weighted by atomic mass is 19.1. The molecule has 0 fully saturated rings. The highest BCUT2D eigenvalue weighted by Crippen LogP contribution is 2.21. The fourth-order valence-corrected chi connectivity index (χ4v) is 0.869. The van der Waals surface area contributed by atoms with E-state index in [1.54, 1.807) is 0 Å². The summed E-state index contributed by atoms with van der Waals surface area (Å²) in [4.78, 5) is 0. The van der Waals surface area contributed by atoms with Crippen LogP contribution in [0.3, 0.4) is 0 Å². The minimum absolute atomic E-state index is 0.143. The van der Waals surface area contributed by atoms with Gasteiger partial charge in [0.25, 0.3) is 0 Å². The summed E-state index contributed by atoms with van der Waals surface area (Å²) in [6.45, 7) is -1.04. The minimum Gasteiger partial charge on any atom is -0.508 e. The fourth-order valence-electron chi connectivity index (χ4n) is 0.869. The number of halogens is 2. The Bertz CT molecular complexity index is 276. The molecule has 12 heavy (non-hydrogen) atoms. The van der Waals surface area contributed by atoms with Crippen LogP contribution in [0.5, 0.6) is 5.75 Å². The van der Waals surface area contributed by atoms with Crippen LogP contribution < -0.4 is 0 Å². The van der Waals surface area contributed by atoms with Crippen LogP contribution >= 0.6 is 0 Å². The van der Waals surface area contributed by atoms with Crippen molar-refractivity contribution in [2.24, 2.45) is 0 Å². The average Bonchev–Trinajstić information content (AvgIpc) is 2.03. The van der Waals surface area contributed by atoms with Gasteiger partial charge >= 0.3 is 0 Å². The van der Waals surface area contributed by atoms with Gasteiger partial charge in [0.05, 0.1) is 0 Å². The number of aliphatic hydroxyl groups is 1. The van der Waals surface area contributed by atoms with E-state index >= 15 is 0 Å². The second-order valence-corrected chi connectivity index (χ2v) is 2.38. The predicted molar refractivity (Wildman–Crippen MR) is 39.0 cm³/mol. The van der Waals surface area contributed by atoms with Gasteiger partial charge in [-0.2, -0.15) is 0 Å². The third kappa shape index (κ3) is 1.71. The van der Waals surface area contributed by atoms with E-state index in [0.717, 1.165) is 12.1 Å². The van der Waals surface area contributed by atoms with Gasteiger partial charge in [0.2, 0.25) is 0 Å². The maximum Gasteiger partial charge on any atom is 0.132 e. The molecule has 1 rings (SSSR count). The summed E-state index contributed by atoms with van der Waals surface area (Å²) >= 11 is 0. The first kappa shape index (κ1) is 8.93. The molecule has 0 aromatic heterocycles. The van der Waals surface area contributed by atoms with Crippen LogP contribution in [0.2, 0.25) is 0 Å². The van der Waals surface area contributed by atoms with Gasteiger partial charge < -0.3 is 10.2 Å². The Balaban J connectivity index is 3.01. The summed E-state index contributed by atoms with van der Waals surface area (Å²) in [6, 6.07) is 3.17. The van der Waals surface area contributed by atoms with Crippen molar-refractivity contribution in [2.45, 2.75) is 6.10 Å². The van der Waals surface area contributed by atoms with E-state index in [9.17, 15) is 8.78 Å². The molecular formula is C8H8F2O2. The molecule has 66 valence electrons. The van der Waals surface area contributed by atoms with Gasteiger partial charge in [-0.25, -0.2) is 8.78 Å². The van der Waals surface area contributed by atoms with Crippen molar-refractivity contribution in [2.75, 3.05) is 6.67 Å². The Morgan fingerprint density at radius 2 is 2.08 bits per heavy atom. The smallest absolute Gasteiger partial charge is 0.132 e. The van der Waals surface area contributed by atoms with Crippen LogP contribution in [-0.2, 0) is 0 Å². The van der Waals surface area contributed by atoms with E-state index in [1.165, 1.54) is 6.07 Å². The monoisotopic (exact) mass is 174 g/mol. The zero-order chi connectivity index (χ0) is 9.14. The van der Waals surface area contributed by atoms with Gasteiger partial charge in [-0.1, -0.05) is 0 Å². The first-order chi connectivity index (χ1) is 5.65. The summed E-state index contributed by atoms with van der Waals surface area (Å²) in [5, 5.41) is 17.7. The molecule has 0 bridgehead atoms. The molecule has 0 radical (unpaired) electrons. The number of phenols is 1. The van der Waals surface area contributed by atoms with Crippen LogP contribution in [0.1, 0.15) is 11.7 Å². The first-order valence-electron chi connectivity index (χ1n) is 3.37. The molecular weight excluding hydrogens is 166 g/mol. The Labute approximate surface area is 68.1 Å². The number of rotatable bonds is 2. The Morgan fingerprint density at radius 1 is 1.42 bits per heavy atom. The molecule has 0 saturated heterocycles. The summed E-state index contributed by atoms with van der Waals surface area (Å²) in [5.41, 5.74) is -0.143. The molecule has 0 amide bonds. The van der Waals surface area contributed by atoms with Crippen LogP contribution in [-0.4, -0.2) is 16.9 Å². The maximum absolute atomic E-state index is 12.8. The molecule has 0 aliphatic carbocycles. The van der Waals surface area contributed by atoms with Gasteiger partial charge in [-0.05, 0) is 12.1 Å². The second-order valence-electron chi connectivity index (χ2n) is 2.38. The zero-order valence-corrected chi connectivity index (χ0v) is 6.17. The van der Waals surface area contributed by atoms with Crippen molar-refractivity contribution in [1.29, 1.82) is 0 Å². The van der Waals surface area contributed by atoms with Crippen molar-refractivity contribution >= 4 is 0 Å². The number of phenolic OH excluding ortho intramolecular Hbond substituents is 1. The molecule has 0 saturated carbocycles. The van der Waals surface area contributed by atoms with E-state index in [4.69, 9.17) is 10.2 Å². The predicted octanol–water partition coefficient (Wildman–Crippen LogP) is 1.53. The van der Waals surface area contributed by atoms with E-state index < -0.39 is 18.6 Å². The molecule has 0 heterocycles.